The zero-order valence-corrected chi connectivity index (χ0v) is 29.9. The van der Waals surface area contributed by atoms with Gasteiger partial charge in [0, 0.05) is 10.9 Å². The first kappa shape index (κ1) is 30.3. The molecule has 0 aliphatic carbocycles. The van der Waals surface area contributed by atoms with Crippen LogP contribution in [0.3, 0.4) is 0 Å². The summed E-state index contributed by atoms with van der Waals surface area (Å²) in [5.41, 5.74) is 12.1. The highest BCUT2D eigenvalue weighted by molar-refractivity contribution is 6.27. The first-order valence-corrected chi connectivity index (χ1v) is 19.0. The minimum absolute atomic E-state index is 0.896. The van der Waals surface area contributed by atoms with Crippen LogP contribution in [0.15, 0.2) is 194 Å². The normalized spacial score (nSPS) is 12.1. The van der Waals surface area contributed by atoms with Gasteiger partial charge in [0.25, 0.3) is 0 Å². The van der Waals surface area contributed by atoms with Crippen LogP contribution in [-0.4, -0.2) is 0 Å². The number of fused-ring (bicyclic) bond motifs is 3. The van der Waals surface area contributed by atoms with Gasteiger partial charge < -0.3 is 4.74 Å². The summed E-state index contributed by atoms with van der Waals surface area (Å²) in [6.45, 7) is 0. The van der Waals surface area contributed by atoms with Crippen LogP contribution in [0.4, 0.5) is 0 Å². The van der Waals surface area contributed by atoms with Crippen molar-refractivity contribution in [3.8, 4) is 67.1 Å². The molecule has 0 aromatic heterocycles. The van der Waals surface area contributed by atoms with Gasteiger partial charge in [0.1, 0.15) is 11.5 Å². The van der Waals surface area contributed by atoms with Crippen LogP contribution >= 0.6 is 0 Å². The Morgan fingerprint density at radius 2 is 0.782 bits per heavy atom. The highest BCUT2D eigenvalue weighted by Gasteiger charge is 2.23. The molecule has 0 N–H and O–H groups in total. The Morgan fingerprint density at radius 1 is 0.236 bits per heavy atom. The molecule has 0 fully saturated rings. The maximum Gasteiger partial charge on any atom is 0.135 e. The monoisotopic (exact) mass is 696 g/mol. The van der Waals surface area contributed by atoms with Gasteiger partial charge in [-0.15, -0.1) is 0 Å². The Morgan fingerprint density at radius 3 is 1.53 bits per heavy atom. The molecule has 0 radical (unpaired) electrons. The van der Waals surface area contributed by atoms with Gasteiger partial charge in [0.2, 0.25) is 0 Å². The van der Waals surface area contributed by atoms with E-state index in [-0.39, 0.29) is 0 Å². The second-order valence-electron chi connectivity index (χ2n) is 14.8. The van der Waals surface area contributed by atoms with E-state index in [1.54, 1.807) is 0 Å². The minimum Gasteiger partial charge on any atom is -0.456 e. The van der Waals surface area contributed by atoms with Crippen LogP contribution < -0.4 is 4.74 Å². The topological polar surface area (TPSA) is 9.23 Å². The van der Waals surface area contributed by atoms with Crippen molar-refractivity contribution < 1.29 is 4.74 Å². The van der Waals surface area contributed by atoms with E-state index in [1.807, 2.05) is 0 Å². The number of rotatable bonds is 4. The lowest BCUT2D eigenvalue weighted by Gasteiger charge is -2.23. The fourth-order valence-corrected chi connectivity index (χ4v) is 9.21. The van der Waals surface area contributed by atoms with Crippen LogP contribution in [-0.2, 0) is 0 Å². The molecule has 1 heteroatoms. The standard InChI is InChI=1S/C54H32O/c1-2-8-33(9-3-1)38-22-28-50-49(32-38)46-15-7-14-45-44(27-29-51(55-50)54(45)46)40-13-6-12-39(31-40)42-23-18-35-21-26-48-43(24-19-36-20-25-47(42)52(35)53(36)48)41-17-16-34-10-4-5-11-37(34)30-41/h1-32H. The molecule has 1 aliphatic heterocycles. The predicted molar refractivity (Wildman–Crippen MR) is 232 cm³/mol. The molecule has 0 saturated carbocycles. The Labute approximate surface area is 318 Å². The molecule has 12 rings (SSSR count). The SMILES string of the molecule is c1ccc(-c2ccc3c(c2)-c2cccc4c(-c5cccc(-c6ccc7ccc8c(-c9ccc%10ccccc%10c9)ccc9ccc6c7c98)c5)ccc(c24)O3)cc1. The molecular weight excluding hydrogens is 665 g/mol. The van der Waals surface area contributed by atoms with E-state index in [1.165, 1.54) is 98.5 Å². The zero-order valence-electron chi connectivity index (χ0n) is 29.9. The van der Waals surface area contributed by atoms with Crippen LogP contribution in [0, 0.1) is 0 Å². The highest BCUT2D eigenvalue weighted by Crippen LogP contribution is 2.50. The smallest absolute Gasteiger partial charge is 0.135 e. The maximum atomic E-state index is 6.58. The molecule has 0 spiro atoms. The number of ether oxygens (including phenoxy) is 1. The van der Waals surface area contributed by atoms with Gasteiger partial charge in [-0.05, 0) is 129 Å². The molecule has 1 aliphatic rings. The lowest BCUT2D eigenvalue weighted by molar-refractivity contribution is 0.487. The van der Waals surface area contributed by atoms with E-state index in [2.05, 4.69) is 194 Å². The molecule has 0 bridgehead atoms. The minimum atomic E-state index is 0.896. The second-order valence-corrected chi connectivity index (χ2v) is 14.8. The lowest BCUT2D eigenvalue weighted by Crippen LogP contribution is -1.98. The average Bonchev–Trinajstić information content (AvgIpc) is 3.25. The third-order valence-electron chi connectivity index (χ3n) is 11.8. The van der Waals surface area contributed by atoms with E-state index in [0.717, 1.165) is 22.4 Å². The van der Waals surface area contributed by atoms with Gasteiger partial charge in [-0.25, -0.2) is 0 Å². The molecule has 254 valence electrons. The van der Waals surface area contributed by atoms with Crippen LogP contribution in [0.25, 0.3) is 109 Å². The molecular formula is C54H32O. The second kappa shape index (κ2) is 11.6. The van der Waals surface area contributed by atoms with Gasteiger partial charge in [0.15, 0.2) is 0 Å². The van der Waals surface area contributed by atoms with Crippen LogP contribution in [0.1, 0.15) is 0 Å². The fraction of sp³-hybridized carbons (Fsp3) is 0. The Balaban J connectivity index is 0.999. The van der Waals surface area contributed by atoms with E-state index in [0.29, 0.717) is 0 Å². The van der Waals surface area contributed by atoms with Gasteiger partial charge >= 0.3 is 0 Å². The summed E-state index contributed by atoms with van der Waals surface area (Å²) in [5, 5.41) is 12.6. The van der Waals surface area contributed by atoms with E-state index >= 15 is 0 Å². The first-order valence-electron chi connectivity index (χ1n) is 19.0. The van der Waals surface area contributed by atoms with Crippen molar-refractivity contribution in [1.29, 1.82) is 0 Å². The fourth-order valence-electron chi connectivity index (χ4n) is 9.21. The predicted octanol–water partition coefficient (Wildman–Crippen LogP) is 15.3. The van der Waals surface area contributed by atoms with Crippen LogP contribution in [0.5, 0.6) is 11.5 Å². The van der Waals surface area contributed by atoms with Crippen molar-refractivity contribution in [2.75, 3.05) is 0 Å². The number of benzene rings is 11. The molecule has 0 unspecified atom stereocenters. The lowest BCUT2D eigenvalue weighted by atomic mass is 9.86. The quantitative estimate of drug-likeness (QED) is 0.166. The third-order valence-corrected chi connectivity index (χ3v) is 11.8. The molecule has 11 aromatic carbocycles. The molecule has 0 atom stereocenters. The maximum absolute atomic E-state index is 6.58. The molecule has 55 heavy (non-hydrogen) atoms. The summed E-state index contributed by atoms with van der Waals surface area (Å²) in [6, 6.07) is 71.1. The van der Waals surface area contributed by atoms with Gasteiger partial charge in [0.05, 0.1) is 0 Å². The van der Waals surface area contributed by atoms with Gasteiger partial charge in [-0.1, -0.05) is 164 Å². The van der Waals surface area contributed by atoms with Crippen molar-refractivity contribution in [2.24, 2.45) is 0 Å². The third kappa shape index (κ3) is 4.60. The van der Waals surface area contributed by atoms with Crippen molar-refractivity contribution in [2.45, 2.75) is 0 Å². The summed E-state index contributed by atoms with van der Waals surface area (Å²) in [7, 11) is 0. The molecule has 11 aromatic rings. The summed E-state index contributed by atoms with van der Waals surface area (Å²) < 4.78 is 6.58. The molecule has 1 nitrogen and oxygen atoms in total. The largest absolute Gasteiger partial charge is 0.456 e. The first-order chi connectivity index (χ1) is 27.2. The number of hydrogen-bond acceptors (Lipinski definition) is 1. The van der Waals surface area contributed by atoms with Crippen molar-refractivity contribution in [3.63, 3.8) is 0 Å². The van der Waals surface area contributed by atoms with Gasteiger partial charge in [-0.2, -0.15) is 0 Å². The summed E-state index contributed by atoms with van der Waals surface area (Å²) in [6.07, 6.45) is 0. The Bertz CT molecular complexity index is 3340. The summed E-state index contributed by atoms with van der Waals surface area (Å²) in [4.78, 5) is 0. The molecule has 0 saturated heterocycles. The van der Waals surface area contributed by atoms with Gasteiger partial charge in [-0.3, -0.25) is 0 Å². The summed E-state index contributed by atoms with van der Waals surface area (Å²) in [5.74, 6) is 1.80. The van der Waals surface area contributed by atoms with Crippen molar-refractivity contribution in [3.05, 3.63) is 194 Å². The van der Waals surface area contributed by atoms with Crippen molar-refractivity contribution in [1.82, 2.24) is 0 Å². The highest BCUT2D eigenvalue weighted by atomic mass is 16.5. The van der Waals surface area contributed by atoms with Crippen molar-refractivity contribution >= 4 is 53.9 Å². The molecule has 0 amide bonds. The van der Waals surface area contributed by atoms with E-state index < -0.39 is 0 Å². The van der Waals surface area contributed by atoms with Crippen LogP contribution in [0.2, 0.25) is 0 Å². The molecule has 1 heterocycles. The van der Waals surface area contributed by atoms with E-state index in [9.17, 15) is 0 Å². The Kier molecular flexibility index (Phi) is 6.40. The summed E-state index contributed by atoms with van der Waals surface area (Å²) >= 11 is 0. The number of hydrogen-bond donors (Lipinski definition) is 0. The Hall–Kier alpha value is -7.22. The van der Waals surface area contributed by atoms with E-state index in [4.69, 9.17) is 4.74 Å². The zero-order chi connectivity index (χ0) is 36.0. The average molecular weight is 697 g/mol.